The lowest BCUT2D eigenvalue weighted by Crippen LogP contribution is -2.50. The standard InChI is InChI=1S/C13H18N2O2S/c14-13(12(16)17)6-7-15(10-13)8-9-18-11-4-2-1-3-5-11/h1-5H,6-10,14H2,(H,16,17). The Morgan fingerprint density at radius 2 is 2.17 bits per heavy atom. The van der Waals surface area contributed by atoms with Crippen LogP contribution in [0.15, 0.2) is 35.2 Å². The monoisotopic (exact) mass is 266 g/mol. The summed E-state index contributed by atoms with van der Waals surface area (Å²) in [6.07, 6.45) is 0.540. The van der Waals surface area contributed by atoms with Crippen molar-refractivity contribution in [3.05, 3.63) is 30.3 Å². The van der Waals surface area contributed by atoms with Crippen molar-refractivity contribution in [3.63, 3.8) is 0 Å². The van der Waals surface area contributed by atoms with E-state index in [1.165, 1.54) is 4.90 Å². The van der Waals surface area contributed by atoms with Gasteiger partial charge in [-0.05, 0) is 18.6 Å². The van der Waals surface area contributed by atoms with Crippen molar-refractivity contribution in [2.45, 2.75) is 16.9 Å². The molecule has 0 bridgehead atoms. The molecule has 1 aromatic rings. The largest absolute Gasteiger partial charge is 0.480 e. The molecule has 2 rings (SSSR count). The maximum Gasteiger partial charge on any atom is 0.325 e. The van der Waals surface area contributed by atoms with Gasteiger partial charge in [-0.15, -0.1) is 11.8 Å². The fourth-order valence-electron chi connectivity index (χ4n) is 2.09. The quantitative estimate of drug-likeness (QED) is 0.786. The minimum atomic E-state index is -1.04. The Hall–Kier alpha value is -1.04. The maximum atomic E-state index is 11.0. The summed E-state index contributed by atoms with van der Waals surface area (Å²) in [5.74, 6) is 0.0698. The number of benzene rings is 1. The van der Waals surface area contributed by atoms with Gasteiger partial charge in [0.2, 0.25) is 0 Å². The molecule has 0 amide bonds. The van der Waals surface area contributed by atoms with Gasteiger partial charge in [-0.2, -0.15) is 0 Å². The highest BCUT2D eigenvalue weighted by Gasteiger charge is 2.40. The molecule has 1 atom stereocenters. The van der Waals surface area contributed by atoms with E-state index in [-0.39, 0.29) is 0 Å². The first-order valence-electron chi connectivity index (χ1n) is 6.03. The maximum absolute atomic E-state index is 11.0. The molecule has 1 aliphatic heterocycles. The number of nitrogens with two attached hydrogens (primary N) is 1. The average Bonchev–Trinajstić information content (AvgIpc) is 2.74. The number of nitrogens with zero attached hydrogens (tertiary/aromatic N) is 1. The van der Waals surface area contributed by atoms with Gasteiger partial charge in [0.1, 0.15) is 5.54 Å². The molecule has 1 aromatic carbocycles. The van der Waals surface area contributed by atoms with Crippen LogP contribution in [0.25, 0.3) is 0 Å². The molecule has 18 heavy (non-hydrogen) atoms. The van der Waals surface area contributed by atoms with Crippen LogP contribution < -0.4 is 5.73 Å². The average molecular weight is 266 g/mol. The zero-order valence-corrected chi connectivity index (χ0v) is 11.0. The predicted molar refractivity (Wildman–Crippen MR) is 72.8 cm³/mol. The fraction of sp³-hybridized carbons (Fsp3) is 0.462. The first kappa shape index (κ1) is 13.4. The number of rotatable bonds is 5. The summed E-state index contributed by atoms with van der Waals surface area (Å²) in [7, 11) is 0. The van der Waals surface area contributed by atoms with E-state index in [1.807, 2.05) is 18.2 Å². The smallest absolute Gasteiger partial charge is 0.325 e. The number of thioether (sulfide) groups is 1. The SMILES string of the molecule is NC1(C(=O)O)CCN(CCSc2ccccc2)C1. The van der Waals surface area contributed by atoms with E-state index in [0.717, 1.165) is 18.8 Å². The van der Waals surface area contributed by atoms with Crippen molar-refractivity contribution in [3.8, 4) is 0 Å². The number of carbonyl (C=O) groups is 1. The normalized spacial score (nSPS) is 24.3. The molecule has 0 radical (unpaired) electrons. The topological polar surface area (TPSA) is 66.6 Å². The molecule has 98 valence electrons. The van der Waals surface area contributed by atoms with Gasteiger partial charge >= 0.3 is 5.97 Å². The fourth-order valence-corrected chi connectivity index (χ4v) is 3.02. The van der Waals surface area contributed by atoms with Crippen LogP contribution in [-0.4, -0.2) is 46.9 Å². The third-order valence-corrected chi connectivity index (χ3v) is 4.22. The minimum Gasteiger partial charge on any atom is -0.480 e. The minimum absolute atomic E-state index is 0.456. The summed E-state index contributed by atoms with van der Waals surface area (Å²) in [6.45, 7) is 2.11. The summed E-state index contributed by atoms with van der Waals surface area (Å²) in [5, 5.41) is 9.04. The van der Waals surface area contributed by atoms with Crippen LogP contribution in [-0.2, 0) is 4.79 Å². The second-order valence-electron chi connectivity index (χ2n) is 4.65. The van der Waals surface area contributed by atoms with Gasteiger partial charge in [0, 0.05) is 30.3 Å². The summed E-state index contributed by atoms with van der Waals surface area (Å²) in [4.78, 5) is 14.4. The number of hydrogen-bond acceptors (Lipinski definition) is 4. The Kier molecular flexibility index (Phi) is 4.27. The number of carboxylic acids is 1. The van der Waals surface area contributed by atoms with Crippen molar-refractivity contribution in [1.29, 1.82) is 0 Å². The Morgan fingerprint density at radius 3 is 2.78 bits per heavy atom. The second-order valence-corrected chi connectivity index (χ2v) is 5.82. The van der Waals surface area contributed by atoms with E-state index in [1.54, 1.807) is 11.8 Å². The van der Waals surface area contributed by atoms with Gasteiger partial charge in [-0.25, -0.2) is 0 Å². The third-order valence-electron chi connectivity index (χ3n) is 3.23. The highest BCUT2D eigenvalue weighted by molar-refractivity contribution is 7.99. The molecule has 1 heterocycles. The summed E-state index contributed by atoms with van der Waals surface area (Å²) < 4.78 is 0. The molecule has 5 heteroatoms. The Morgan fingerprint density at radius 1 is 1.44 bits per heavy atom. The first-order chi connectivity index (χ1) is 8.60. The molecule has 1 unspecified atom stereocenters. The Balaban J connectivity index is 1.74. The molecule has 0 spiro atoms. The number of likely N-dealkylation sites (tertiary alicyclic amines) is 1. The molecule has 1 aliphatic rings. The molecule has 1 fully saturated rings. The zero-order chi connectivity index (χ0) is 13.0. The second kappa shape index (κ2) is 5.73. The molecular formula is C13H18N2O2S. The summed E-state index contributed by atoms with van der Waals surface area (Å²) >= 11 is 1.79. The van der Waals surface area contributed by atoms with Crippen LogP contribution in [0.4, 0.5) is 0 Å². The molecular weight excluding hydrogens is 248 g/mol. The lowest BCUT2D eigenvalue weighted by atomic mass is 10.0. The van der Waals surface area contributed by atoms with E-state index >= 15 is 0 Å². The molecule has 0 aliphatic carbocycles. The van der Waals surface area contributed by atoms with Crippen LogP contribution in [0.3, 0.4) is 0 Å². The van der Waals surface area contributed by atoms with Crippen LogP contribution in [0.2, 0.25) is 0 Å². The van der Waals surface area contributed by atoms with E-state index in [0.29, 0.717) is 13.0 Å². The molecule has 4 nitrogen and oxygen atoms in total. The van der Waals surface area contributed by atoms with E-state index in [9.17, 15) is 4.79 Å². The molecule has 3 N–H and O–H groups in total. The first-order valence-corrected chi connectivity index (χ1v) is 7.01. The van der Waals surface area contributed by atoms with Gasteiger partial charge in [-0.1, -0.05) is 18.2 Å². The molecule has 0 saturated carbocycles. The van der Waals surface area contributed by atoms with Crippen molar-refractivity contribution in [1.82, 2.24) is 4.90 Å². The van der Waals surface area contributed by atoms with Gasteiger partial charge in [0.05, 0.1) is 0 Å². The van der Waals surface area contributed by atoms with E-state index < -0.39 is 11.5 Å². The lowest BCUT2D eigenvalue weighted by molar-refractivity contribution is -0.142. The highest BCUT2D eigenvalue weighted by atomic mass is 32.2. The lowest BCUT2D eigenvalue weighted by Gasteiger charge is -2.19. The summed E-state index contributed by atoms with van der Waals surface area (Å²) in [5.41, 5.74) is 4.78. The molecule has 1 saturated heterocycles. The van der Waals surface area contributed by atoms with E-state index in [4.69, 9.17) is 10.8 Å². The molecule has 0 aromatic heterocycles. The van der Waals surface area contributed by atoms with Gasteiger partial charge in [0.25, 0.3) is 0 Å². The van der Waals surface area contributed by atoms with E-state index in [2.05, 4.69) is 17.0 Å². The zero-order valence-electron chi connectivity index (χ0n) is 10.2. The van der Waals surface area contributed by atoms with Crippen molar-refractivity contribution < 1.29 is 9.90 Å². The van der Waals surface area contributed by atoms with Crippen molar-refractivity contribution in [2.75, 3.05) is 25.4 Å². The van der Waals surface area contributed by atoms with Crippen molar-refractivity contribution in [2.24, 2.45) is 5.73 Å². The number of hydrogen-bond donors (Lipinski definition) is 2. The predicted octanol–water partition coefficient (Wildman–Crippen LogP) is 1.27. The Bertz CT molecular complexity index is 413. The van der Waals surface area contributed by atoms with Crippen LogP contribution >= 0.6 is 11.8 Å². The highest BCUT2D eigenvalue weighted by Crippen LogP contribution is 2.21. The van der Waals surface area contributed by atoms with Gasteiger partial charge in [0.15, 0.2) is 0 Å². The van der Waals surface area contributed by atoms with Crippen LogP contribution in [0.1, 0.15) is 6.42 Å². The van der Waals surface area contributed by atoms with Crippen molar-refractivity contribution >= 4 is 17.7 Å². The summed E-state index contributed by atoms with van der Waals surface area (Å²) in [6, 6.07) is 10.2. The number of aliphatic carboxylic acids is 1. The van der Waals surface area contributed by atoms with Gasteiger partial charge < -0.3 is 10.8 Å². The van der Waals surface area contributed by atoms with Crippen LogP contribution in [0, 0.1) is 0 Å². The van der Waals surface area contributed by atoms with Crippen LogP contribution in [0.5, 0.6) is 0 Å². The Labute approximate surface area is 111 Å². The third kappa shape index (κ3) is 3.25. The van der Waals surface area contributed by atoms with Gasteiger partial charge in [-0.3, -0.25) is 9.69 Å². The number of carboxylic acid groups (broad SMARTS) is 1.